The van der Waals surface area contributed by atoms with Gasteiger partial charge in [-0.3, -0.25) is 0 Å². The Labute approximate surface area is 106 Å². The number of hydrogen-bond donors (Lipinski definition) is 2. The first-order valence-electron chi connectivity index (χ1n) is 5.69. The standard InChI is InChI=1S/C13H18ClFN2/c1-12(2)11(13(12,3)4)17-10-6-8(15)7(14)5-9(10)16/h5-6,11,17H,16H2,1-4H3. The van der Waals surface area contributed by atoms with Crippen molar-refractivity contribution in [3.63, 3.8) is 0 Å². The molecular weight excluding hydrogens is 239 g/mol. The summed E-state index contributed by atoms with van der Waals surface area (Å²) in [7, 11) is 0. The van der Waals surface area contributed by atoms with Gasteiger partial charge < -0.3 is 11.1 Å². The van der Waals surface area contributed by atoms with Crippen LogP contribution in [0, 0.1) is 16.6 Å². The minimum Gasteiger partial charge on any atom is -0.397 e. The summed E-state index contributed by atoms with van der Waals surface area (Å²) < 4.78 is 13.4. The molecule has 3 N–H and O–H groups in total. The van der Waals surface area contributed by atoms with E-state index in [0.29, 0.717) is 11.4 Å². The summed E-state index contributed by atoms with van der Waals surface area (Å²) in [6.07, 6.45) is 0. The van der Waals surface area contributed by atoms with E-state index in [9.17, 15) is 4.39 Å². The maximum Gasteiger partial charge on any atom is 0.143 e. The molecule has 1 aliphatic carbocycles. The summed E-state index contributed by atoms with van der Waals surface area (Å²) in [6, 6.07) is 3.10. The molecule has 2 nitrogen and oxygen atoms in total. The quantitative estimate of drug-likeness (QED) is 0.788. The predicted octanol–water partition coefficient (Wildman–Crippen LogP) is 3.91. The topological polar surface area (TPSA) is 38.0 Å². The number of benzene rings is 1. The van der Waals surface area contributed by atoms with Crippen molar-refractivity contribution in [3.8, 4) is 0 Å². The van der Waals surface area contributed by atoms with E-state index in [2.05, 4.69) is 33.0 Å². The SMILES string of the molecule is CC1(C)C(Nc2cc(F)c(Cl)cc2N)C1(C)C. The van der Waals surface area contributed by atoms with Crippen LogP contribution >= 0.6 is 11.6 Å². The third kappa shape index (κ3) is 1.77. The second-order valence-electron chi connectivity index (χ2n) is 5.87. The Morgan fingerprint density at radius 1 is 1.24 bits per heavy atom. The molecule has 94 valence electrons. The molecule has 0 spiro atoms. The fraction of sp³-hybridized carbons (Fsp3) is 0.538. The van der Waals surface area contributed by atoms with Gasteiger partial charge in [0.25, 0.3) is 0 Å². The van der Waals surface area contributed by atoms with Crippen LogP contribution in [0.4, 0.5) is 15.8 Å². The van der Waals surface area contributed by atoms with Crippen LogP contribution in [0.5, 0.6) is 0 Å². The molecule has 1 saturated carbocycles. The molecule has 0 saturated heterocycles. The van der Waals surface area contributed by atoms with E-state index in [1.165, 1.54) is 12.1 Å². The van der Waals surface area contributed by atoms with Crippen LogP contribution in [-0.2, 0) is 0 Å². The van der Waals surface area contributed by atoms with Gasteiger partial charge in [0.15, 0.2) is 0 Å². The molecule has 1 aromatic carbocycles. The average molecular weight is 257 g/mol. The molecule has 0 heterocycles. The first-order chi connectivity index (χ1) is 7.68. The van der Waals surface area contributed by atoms with E-state index >= 15 is 0 Å². The summed E-state index contributed by atoms with van der Waals surface area (Å²) in [5.41, 5.74) is 7.28. The maximum absolute atomic E-state index is 13.4. The van der Waals surface area contributed by atoms with Crippen LogP contribution in [-0.4, -0.2) is 6.04 Å². The van der Waals surface area contributed by atoms with Gasteiger partial charge in [0.2, 0.25) is 0 Å². The van der Waals surface area contributed by atoms with Crippen molar-refractivity contribution in [2.24, 2.45) is 10.8 Å². The molecule has 0 atom stereocenters. The number of rotatable bonds is 2. The van der Waals surface area contributed by atoms with E-state index in [0.717, 1.165) is 0 Å². The summed E-state index contributed by atoms with van der Waals surface area (Å²) in [6.45, 7) is 8.75. The second kappa shape index (κ2) is 3.52. The third-order valence-corrected chi connectivity index (χ3v) is 4.70. The largest absolute Gasteiger partial charge is 0.397 e. The average Bonchev–Trinajstić information content (AvgIpc) is 2.57. The smallest absolute Gasteiger partial charge is 0.143 e. The first-order valence-corrected chi connectivity index (χ1v) is 6.07. The Bertz CT molecular complexity index is 455. The molecule has 0 amide bonds. The lowest BCUT2D eigenvalue weighted by Crippen LogP contribution is -2.11. The maximum atomic E-state index is 13.4. The van der Waals surface area contributed by atoms with Gasteiger partial charge in [-0.25, -0.2) is 4.39 Å². The number of nitrogen functional groups attached to an aromatic ring is 1. The third-order valence-electron chi connectivity index (χ3n) is 4.41. The van der Waals surface area contributed by atoms with E-state index in [4.69, 9.17) is 17.3 Å². The number of anilines is 2. The summed E-state index contributed by atoms with van der Waals surface area (Å²) in [5, 5.41) is 3.37. The zero-order chi connectivity index (χ0) is 13.0. The van der Waals surface area contributed by atoms with Crippen molar-refractivity contribution in [3.05, 3.63) is 23.0 Å². The van der Waals surface area contributed by atoms with Crippen LogP contribution in [0.2, 0.25) is 5.02 Å². The van der Waals surface area contributed by atoms with Gasteiger partial charge in [-0.1, -0.05) is 39.3 Å². The normalized spacial score (nSPS) is 21.3. The molecule has 1 fully saturated rings. The molecule has 0 radical (unpaired) electrons. The molecular formula is C13H18ClFN2. The first kappa shape index (κ1) is 12.5. The van der Waals surface area contributed by atoms with Crippen molar-refractivity contribution in [2.75, 3.05) is 11.1 Å². The number of hydrogen-bond acceptors (Lipinski definition) is 2. The molecule has 0 aromatic heterocycles. The number of nitrogens with one attached hydrogen (secondary N) is 1. The highest BCUT2D eigenvalue weighted by Gasteiger charge is 2.65. The van der Waals surface area contributed by atoms with E-state index < -0.39 is 5.82 Å². The van der Waals surface area contributed by atoms with E-state index in [1.807, 2.05) is 0 Å². The monoisotopic (exact) mass is 256 g/mol. The fourth-order valence-electron chi connectivity index (χ4n) is 2.40. The highest BCUT2D eigenvalue weighted by molar-refractivity contribution is 6.31. The summed E-state index contributed by atoms with van der Waals surface area (Å²) in [4.78, 5) is 0. The Kier molecular flexibility index (Phi) is 2.58. The van der Waals surface area contributed by atoms with Crippen molar-refractivity contribution >= 4 is 23.0 Å². The molecule has 17 heavy (non-hydrogen) atoms. The lowest BCUT2D eigenvalue weighted by atomic mass is 10.0. The zero-order valence-electron chi connectivity index (χ0n) is 10.6. The molecule has 2 rings (SSSR count). The van der Waals surface area contributed by atoms with E-state index in [1.54, 1.807) is 0 Å². The van der Waals surface area contributed by atoms with Crippen molar-refractivity contribution in [2.45, 2.75) is 33.7 Å². The predicted molar refractivity (Wildman–Crippen MR) is 70.8 cm³/mol. The van der Waals surface area contributed by atoms with Crippen LogP contribution in [0.3, 0.4) is 0 Å². The second-order valence-corrected chi connectivity index (χ2v) is 6.28. The summed E-state index contributed by atoms with van der Waals surface area (Å²) in [5.74, 6) is -0.445. The molecule has 0 bridgehead atoms. The summed E-state index contributed by atoms with van der Waals surface area (Å²) >= 11 is 5.67. The van der Waals surface area contributed by atoms with Crippen LogP contribution < -0.4 is 11.1 Å². The van der Waals surface area contributed by atoms with Gasteiger partial charge in [0.1, 0.15) is 5.82 Å². The van der Waals surface area contributed by atoms with Gasteiger partial charge in [0, 0.05) is 12.1 Å². The van der Waals surface area contributed by atoms with Gasteiger partial charge >= 0.3 is 0 Å². The minimum absolute atomic E-state index is 0.0577. The van der Waals surface area contributed by atoms with Crippen LogP contribution in [0.1, 0.15) is 27.7 Å². The molecule has 1 aromatic rings. The lowest BCUT2D eigenvalue weighted by Gasteiger charge is -2.11. The van der Waals surface area contributed by atoms with E-state index in [-0.39, 0.29) is 21.9 Å². The Balaban J connectivity index is 2.25. The fourth-order valence-corrected chi connectivity index (χ4v) is 2.57. The highest BCUT2D eigenvalue weighted by atomic mass is 35.5. The van der Waals surface area contributed by atoms with Gasteiger partial charge in [-0.2, -0.15) is 0 Å². The van der Waals surface area contributed by atoms with Gasteiger partial charge in [0.05, 0.1) is 16.4 Å². The lowest BCUT2D eigenvalue weighted by molar-refractivity contribution is 0.457. The highest BCUT2D eigenvalue weighted by Crippen LogP contribution is 2.63. The Morgan fingerprint density at radius 3 is 2.24 bits per heavy atom. The van der Waals surface area contributed by atoms with Gasteiger partial charge in [-0.15, -0.1) is 0 Å². The van der Waals surface area contributed by atoms with Crippen LogP contribution in [0.25, 0.3) is 0 Å². The van der Waals surface area contributed by atoms with Crippen LogP contribution in [0.15, 0.2) is 12.1 Å². The zero-order valence-corrected chi connectivity index (χ0v) is 11.3. The Hall–Kier alpha value is -0.960. The Morgan fingerprint density at radius 2 is 1.76 bits per heavy atom. The molecule has 0 aliphatic heterocycles. The van der Waals surface area contributed by atoms with Gasteiger partial charge in [-0.05, 0) is 16.9 Å². The molecule has 1 aliphatic rings. The van der Waals surface area contributed by atoms with Crippen molar-refractivity contribution in [1.82, 2.24) is 0 Å². The number of halogens is 2. The number of nitrogens with two attached hydrogens (primary N) is 1. The molecule has 4 heteroatoms. The minimum atomic E-state index is -0.445. The molecule has 0 unspecified atom stereocenters. The van der Waals surface area contributed by atoms with Crippen molar-refractivity contribution < 1.29 is 4.39 Å². The van der Waals surface area contributed by atoms with Crippen molar-refractivity contribution in [1.29, 1.82) is 0 Å².